The third-order valence-electron chi connectivity index (χ3n) is 17.3. The Hall–Kier alpha value is -2.03. The predicted molar refractivity (Wildman–Crippen MR) is 379 cm³/mol. The Labute approximate surface area is 547 Å². The second-order valence-electron chi connectivity index (χ2n) is 27.4. The lowest BCUT2D eigenvalue weighted by molar-refractivity contribution is -0.870. The predicted octanol–water partition coefficient (Wildman–Crippen LogP) is 24.5. The van der Waals surface area contributed by atoms with E-state index < -0.39 is 26.5 Å². The number of hydrogen-bond acceptors (Lipinski definition) is 8. The summed E-state index contributed by atoms with van der Waals surface area (Å²) >= 11 is 0. The molecule has 0 aromatic heterocycles. The van der Waals surface area contributed by atoms with E-state index in [1.54, 1.807) is 0 Å². The van der Waals surface area contributed by atoms with Gasteiger partial charge in [-0.1, -0.05) is 345 Å². The molecule has 0 aliphatic rings. The van der Waals surface area contributed by atoms with Crippen LogP contribution in [-0.2, 0) is 32.7 Å². The molecular weight excluding hydrogens is 1110 g/mol. The summed E-state index contributed by atoms with van der Waals surface area (Å²) in [6, 6.07) is 0. The van der Waals surface area contributed by atoms with E-state index in [0.717, 1.165) is 44.9 Å². The topological polar surface area (TPSA) is 111 Å². The number of hydrogen-bond donors (Lipinski definition) is 0. The fraction of sp³-hybridized carbons (Fsp3) is 0.872. The van der Waals surface area contributed by atoms with Crippen LogP contribution in [0.4, 0.5) is 0 Å². The Bertz CT molecular complexity index is 1620. The largest absolute Gasteiger partial charge is 0.756 e. The Morgan fingerprint density at radius 2 is 0.614 bits per heavy atom. The van der Waals surface area contributed by atoms with Crippen molar-refractivity contribution in [1.82, 2.24) is 0 Å². The molecule has 2 unspecified atom stereocenters. The van der Waals surface area contributed by atoms with Crippen LogP contribution in [0.25, 0.3) is 0 Å². The third-order valence-corrected chi connectivity index (χ3v) is 18.3. The normalized spacial score (nSPS) is 13.3. The van der Waals surface area contributed by atoms with E-state index in [1.807, 2.05) is 21.1 Å². The smallest absolute Gasteiger partial charge is 0.306 e. The fourth-order valence-electron chi connectivity index (χ4n) is 11.4. The number of allylic oxidation sites excluding steroid dienone is 8. The number of rotatable bonds is 72. The van der Waals surface area contributed by atoms with Gasteiger partial charge >= 0.3 is 11.9 Å². The monoisotopic (exact) mass is 1260 g/mol. The van der Waals surface area contributed by atoms with Crippen molar-refractivity contribution < 1.29 is 42.1 Å². The number of likely N-dealkylation sites (N-methyl/N-ethyl adjacent to an activating group) is 1. The minimum absolute atomic E-state index is 0.0285. The van der Waals surface area contributed by atoms with E-state index in [-0.39, 0.29) is 32.0 Å². The Morgan fingerprint density at radius 3 is 0.920 bits per heavy atom. The maximum atomic E-state index is 12.9. The summed E-state index contributed by atoms with van der Waals surface area (Å²) in [6.07, 6.45) is 90.8. The fourth-order valence-corrected chi connectivity index (χ4v) is 12.2. The van der Waals surface area contributed by atoms with Crippen molar-refractivity contribution in [1.29, 1.82) is 0 Å². The zero-order valence-electron chi connectivity index (χ0n) is 59.2. The first-order valence-corrected chi connectivity index (χ1v) is 39.8. The quantitative estimate of drug-likeness (QED) is 0.0195. The van der Waals surface area contributed by atoms with E-state index in [9.17, 15) is 19.0 Å². The minimum Gasteiger partial charge on any atom is -0.756 e. The van der Waals surface area contributed by atoms with Gasteiger partial charge in [-0.3, -0.25) is 14.2 Å². The number of unbranched alkanes of at least 4 members (excludes halogenated alkanes) is 50. The molecule has 0 aromatic carbocycles. The van der Waals surface area contributed by atoms with Gasteiger partial charge < -0.3 is 27.9 Å². The summed E-state index contributed by atoms with van der Waals surface area (Å²) in [4.78, 5) is 38.1. The van der Waals surface area contributed by atoms with Crippen molar-refractivity contribution in [2.75, 3.05) is 47.5 Å². The Balaban J connectivity index is 3.95. The highest BCUT2D eigenvalue weighted by molar-refractivity contribution is 7.45. The molecule has 0 fully saturated rings. The molecule has 10 heteroatoms. The van der Waals surface area contributed by atoms with Gasteiger partial charge in [0.15, 0.2) is 6.10 Å². The average molecular weight is 1260 g/mol. The first-order valence-electron chi connectivity index (χ1n) is 38.3. The van der Waals surface area contributed by atoms with E-state index in [0.29, 0.717) is 17.4 Å². The highest BCUT2D eigenvalue weighted by Gasteiger charge is 2.22. The van der Waals surface area contributed by atoms with Gasteiger partial charge in [0.2, 0.25) is 0 Å². The molecule has 2 atom stereocenters. The lowest BCUT2D eigenvalue weighted by atomic mass is 10.0. The lowest BCUT2D eigenvalue weighted by Gasteiger charge is -2.28. The van der Waals surface area contributed by atoms with Gasteiger partial charge in [0.05, 0.1) is 27.7 Å². The number of nitrogens with zero attached hydrogens (tertiary/aromatic N) is 1. The Kier molecular flexibility index (Phi) is 67.7. The molecule has 88 heavy (non-hydrogen) atoms. The molecule has 0 radical (unpaired) electrons. The van der Waals surface area contributed by atoms with Crippen LogP contribution < -0.4 is 4.89 Å². The second kappa shape index (κ2) is 69.3. The molecule has 0 amide bonds. The van der Waals surface area contributed by atoms with E-state index in [1.165, 1.54) is 308 Å². The van der Waals surface area contributed by atoms with Crippen molar-refractivity contribution in [2.45, 2.75) is 392 Å². The van der Waals surface area contributed by atoms with E-state index in [2.05, 4.69) is 62.5 Å². The summed E-state index contributed by atoms with van der Waals surface area (Å²) in [5.41, 5.74) is 0. The SMILES string of the molecule is CCCCCCC/C=C\C/C=C\C/C=C\CCCCCCCCCCCCCCCCCCCCC(=O)OC(COC(=O)CCCCCCCCCCCCCCCCCCCCC/C=C\CCCCCCCCCC)COP(=O)([O-])OCC[N+](C)(C)C. The number of phosphoric ester groups is 1. The van der Waals surface area contributed by atoms with Crippen molar-refractivity contribution in [3.8, 4) is 0 Å². The molecule has 518 valence electrons. The van der Waals surface area contributed by atoms with Crippen LogP contribution in [0.2, 0.25) is 0 Å². The summed E-state index contributed by atoms with van der Waals surface area (Å²) in [5.74, 6) is -0.811. The second-order valence-corrected chi connectivity index (χ2v) is 28.8. The molecule has 9 nitrogen and oxygen atoms in total. The highest BCUT2D eigenvalue weighted by Crippen LogP contribution is 2.38. The summed E-state index contributed by atoms with van der Waals surface area (Å²) < 4.78 is 34.4. The first kappa shape index (κ1) is 86.0. The van der Waals surface area contributed by atoms with Gasteiger partial charge in [-0.15, -0.1) is 0 Å². The molecule has 0 bridgehead atoms. The van der Waals surface area contributed by atoms with Gasteiger partial charge in [-0.05, 0) is 77.0 Å². The zero-order chi connectivity index (χ0) is 64.1. The summed E-state index contributed by atoms with van der Waals surface area (Å²) in [5, 5.41) is 0. The summed E-state index contributed by atoms with van der Waals surface area (Å²) in [7, 11) is 1.19. The number of esters is 2. The van der Waals surface area contributed by atoms with Crippen LogP contribution in [0.3, 0.4) is 0 Å². The molecule has 0 spiro atoms. The maximum absolute atomic E-state index is 12.9. The van der Waals surface area contributed by atoms with Crippen LogP contribution in [0.1, 0.15) is 386 Å². The lowest BCUT2D eigenvalue weighted by Crippen LogP contribution is -2.37. The maximum Gasteiger partial charge on any atom is 0.306 e. The number of carbonyl (C=O) groups excluding carboxylic acids is 2. The standard InChI is InChI=1S/C78H148NO8P/c1-6-8-10-12-14-16-18-20-22-24-26-28-30-32-34-36-38-39-41-43-45-47-49-51-53-55-57-59-61-63-65-67-69-71-78(81)87-76(75-86-88(82,83)85-73-72-79(3,4)5)74-84-77(80)70-68-66-64-62-60-58-56-54-52-50-48-46-44-42-40-37-35-33-31-29-27-25-23-21-19-17-15-13-11-9-7-2/h18,20,24-27,30,32,76H,6-17,19,21-23,28-29,31,33-75H2,1-5H3/b20-18-,26-24-,27-25-,32-30-. The highest BCUT2D eigenvalue weighted by atomic mass is 31.2. The van der Waals surface area contributed by atoms with Gasteiger partial charge in [-0.2, -0.15) is 0 Å². The van der Waals surface area contributed by atoms with E-state index >= 15 is 0 Å². The van der Waals surface area contributed by atoms with Crippen LogP contribution >= 0.6 is 7.82 Å². The number of carbonyl (C=O) groups is 2. The van der Waals surface area contributed by atoms with Gasteiger partial charge in [-0.25, -0.2) is 0 Å². The Morgan fingerprint density at radius 1 is 0.352 bits per heavy atom. The van der Waals surface area contributed by atoms with Crippen LogP contribution in [0.15, 0.2) is 48.6 Å². The molecule has 0 saturated carbocycles. The average Bonchev–Trinajstić information content (AvgIpc) is 3.56. The molecule has 0 aliphatic carbocycles. The molecule has 0 aromatic rings. The number of quaternary nitrogens is 1. The molecule has 0 aliphatic heterocycles. The zero-order valence-corrected chi connectivity index (χ0v) is 60.1. The van der Waals surface area contributed by atoms with Gasteiger partial charge in [0.1, 0.15) is 19.8 Å². The van der Waals surface area contributed by atoms with Crippen LogP contribution in [0.5, 0.6) is 0 Å². The van der Waals surface area contributed by atoms with Gasteiger partial charge in [0, 0.05) is 12.8 Å². The number of phosphoric acid groups is 1. The number of ether oxygens (including phenoxy) is 2. The van der Waals surface area contributed by atoms with E-state index in [4.69, 9.17) is 18.5 Å². The minimum atomic E-state index is -4.64. The molecular formula is C78H148NO8P. The van der Waals surface area contributed by atoms with Gasteiger partial charge in [0.25, 0.3) is 7.82 Å². The third kappa shape index (κ3) is 73.0. The van der Waals surface area contributed by atoms with Crippen molar-refractivity contribution in [3.63, 3.8) is 0 Å². The first-order chi connectivity index (χ1) is 43.0. The molecule has 0 heterocycles. The molecule has 0 N–H and O–H groups in total. The van der Waals surface area contributed by atoms with Crippen LogP contribution in [-0.4, -0.2) is 70.0 Å². The van der Waals surface area contributed by atoms with Crippen molar-refractivity contribution in [3.05, 3.63) is 48.6 Å². The van der Waals surface area contributed by atoms with Crippen molar-refractivity contribution >= 4 is 19.8 Å². The van der Waals surface area contributed by atoms with Crippen LogP contribution in [0, 0.1) is 0 Å². The summed E-state index contributed by atoms with van der Waals surface area (Å²) in [6.45, 7) is 4.30. The van der Waals surface area contributed by atoms with Crippen molar-refractivity contribution in [2.24, 2.45) is 0 Å². The molecule has 0 saturated heterocycles. The molecule has 0 rings (SSSR count).